The lowest BCUT2D eigenvalue weighted by molar-refractivity contribution is -0.119. The van der Waals surface area contributed by atoms with Crippen molar-refractivity contribution < 1.29 is 9.59 Å². The molecule has 0 aliphatic carbocycles. The molecule has 0 aliphatic rings. The summed E-state index contributed by atoms with van der Waals surface area (Å²) in [6, 6.07) is 8.13. The number of nitrogens with one attached hydrogen (secondary N) is 3. The molecule has 0 fully saturated rings. The Kier molecular flexibility index (Phi) is 7.75. The van der Waals surface area contributed by atoms with Crippen molar-refractivity contribution in [1.82, 2.24) is 16.0 Å². The maximum absolute atomic E-state index is 11.7. The molecule has 0 bridgehead atoms. The van der Waals surface area contributed by atoms with Gasteiger partial charge in [0, 0.05) is 13.1 Å². The number of benzene rings is 1. The van der Waals surface area contributed by atoms with E-state index < -0.39 is 6.03 Å². The topological polar surface area (TPSA) is 70.2 Å². The lowest BCUT2D eigenvalue weighted by atomic mass is 9.92. The number of hydrogen-bond acceptors (Lipinski definition) is 3. The van der Waals surface area contributed by atoms with Crippen molar-refractivity contribution in [2.24, 2.45) is 5.92 Å². The van der Waals surface area contributed by atoms with Gasteiger partial charge in [0.05, 0.1) is 6.54 Å². The summed E-state index contributed by atoms with van der Waals surface area (Å²) in [7, 11) is 1.48. The van der Waals surface area contributed by atoms with E-state index in [1.54, 1.807) is 0 Å². The lowest BCUT2D eigenvalue weighted by Gasteiger charge is -2.23. The third-order valence-electron chi connectivity index (χ3n) is 4.11. The van der Waals surface area contributed by atoms with E-state index in [9.17, 15) is 9.59 Å². The van der Waals surface area contributed by atoms with Crippen LogP contribution in [0.25, 0.3) is 0 Å². The first-order valence-corrected chi connectivity index (χ1v) is 8.23. The van der Waals surface area contributed by atoms with Crippen LogP contribution in [0, 0.1) is 5.92 Å². The Morgan fingerprint density at radius 3 is 2.09 bits per heavy atom. The number of carbonyl (C=O) groups is 2. The van der Waals surface area contributed by atoms with E-state index in [2.05, 4.69) is 67.9 Å². The number of urea groups is 1. The van der Waals surface area contributed by atoms with Gasteiger partial charge in [0.25, 0.3) is 0 Å². The summed E-state index contributed by atoms with van der Waals surface area (Å²) in [5.41, 5.74) is 2.48. The Bertz CT molecular complexity index is 512. The fraction of sp³-hybridized carbons (Fsp3) is 0.556. The van der Waals surface area contributed by atoms with Crippen LogP contribution in [0.1, 0.15) is 57.2 Å². The molecule has 23 heavy (non-hydrogen) atoms. The molecule has 0 heterocycles. The van der Waals surface area contributed by atoms with E-state index in [4.69, 9.17) is 0 Å². The molecule has 128 valence electrons. The first-order chi connectivity index (χ1) is 10.9. The number of hydrogen-bond donors (Lipinski definition) is 3. The van der Waals surface area contributed by atoms with Gasteiger partial charge in [-0.05, 0) is 29.4 Å². The predicted molar refractivity (Wildman–Crippen MR) is 93.3 cm³/mol. The molecule has 5 nitrogen and oxygen atoms in total. The highest BCUT2D eigenvalue weighted by Gasteiger charge is 2.17. The minimum Gasteiger partial charge on any atom is -0.341 e. The largest absolute Gasteiger partial charge is 0.341 e. The van der Waals surface area contributed by atoms with Crippen LogP contribution in [0.5, 0.6) is 0 Å². The smallest absolute Gasteiger partial charge is 0.321 e. The minimum absolute atomic E-state index is 0.0661. The number of imide groups is 1. The van der Waals surface area contributed by atoms with Crippen molar-refractivity contribution >= 4 is 11.9 Å². The van der Waals surface area contributed by atoms with Crippen LogP contribution in [-0.4, -0.2) is 25.5 Å². The monoisotopic (exact) mass is 319 g/mol. The summed E-state index contributed by atoms with van der Waals surface area (Å²) < 4.78 is 0. The molecule has 0 unspecified atom stereocenters. The van der Waals surface area contributed by atoms with Crippen molar-refractivity contribution in [3.05, 3.63) is 35.4 Å². The summed E-state index contributed by atoms with van der Waals surface area (Å²) in [6.07, 6.45) is 1.12. The Balaban J connectivity index is 2.71. The highest BCUT2D eigenvalue weighted by molar-refractivity contribution is 5.95. The van der Waals surface area contributed by atoms with Crippen LogP contribution in [0.4, 0.5) is 4.79 Å². The van der Waals surface area contributed by atoms with Crippen LogP contribution in [0.15, 0.2) is 24.3 Å². The average Bonchev–Trinajstić information content (AvgIpc) is 2.54. The van der Waals surface area contributed by atoms with Gasteiger partial charge in [0.1, 0.15) is 0 Å². The predicted octanol–water partition coefficient (Wildman–Crippen LogP) is 2.94. The first kappa shape index (κ1) is 19.2. The molecule has 1 aromatic carbocycles. The van der Waals surface area contributed by atoms with E-state index in [0.717, 1.165) is 12.0 Å². The van der Waals surface area contributed by atoms with Gasteiger partial charge in [-0.15, -0.1) is 0 Å². The van der Waals surface area contributed by atoms with Gasteiger partial charge in [-0.2, -0.15) is 0 Å². The van der Waals surface area contributed by atoms with E-state index >= 15 is 0 Å². The molecule has 0 spiro atoms. The summed E-state index contributed by atoms with van der Waals surface area (Å²) in [5, 5.41) is 7.85. The molecule has 0 aromatic heterocycles. The van der Waals surface area contributed by atoms with Gasteiger partial charge in [-0.1, -0.05) is 52.0 Å². The maximum Gasteiger partial charge on any atom is 0.321 e. The SMILES string of the molecule is CC[C@@H](C)c1ccc([C@@H](NCC(=O)NC(=O)NC)C(C)C)cc1. The van der Waals surface area contributed by atoms with Crippen molar-refractivity contribution in [2.45, 2.75) is 46.1 Å². The highest BCUT2D eigenvalue weighted by atomic mass is 16.2. The Morgan fingerprint density at radius 2 is 1.61 bits per heavy atom. The molecule has 0 radical (unpaired) electrons. The zero-order valence-corrected chi connectivity index (χ0v) is 14.8. The molecule has 0 aliphatic heterocycles. The van der Waals surface area contributed by atoms with Gasteiger partial charge < -0.3 is 10.6 Å². The van der Waals surface area contributed by atoms with E-state index in [-0.39, 0.29) is 18.5 Å². The Labute approximate surface area is 139 Å². The molecule has 0 saturated heterocycles. The molecule has 0 saturated carbocycles. The number of rotatable bonds is 7. The molecule has 3 N–H and O–H groups in total. The normalized spacial score (nSPS) is 13.5. The van der Waals surface area contributed by atoms with Crippen molar-refractivity contribution in [1.29, 1.82) is 0 Å². The van der Waals surface area contributed by atoms with Crippen LogP contribution in [0.3, 0.4) is 0 Å². The van der Waals surface area contributed by atoms with Crippen LogP contribution in [-0.2, 0) is 4.79 Å². The minimum atomic E-state index is -0.490. The van der Waals surface area contributed by atoms with Crippen LogP contribution in [0.2, 0.25) is 0 Å². The molecule has 3 amide bonds. The van der Waals surface area contributed by atoms with E-state index in [0.29, 0.717) is 11.8 Å². The Hall–Kier alpha value is -1.88. The number of amides is 3. The van der Waals surface area contributed by atoms with E-state index in [1.807, 2.05) is 0 Å². The zero-order chi connectivity index (χ0) is 17.4. The fourth-order valence-electron chi connectivity index (χ4n) is 2.44. The standard InChI is InChI=1S/C18H29N3O2/c1-6-13(4)14-7-9-15(10-8-14)17(12(2)3)20-11-16(22)21-18(23)19-5/h7-10,12-13,17,20H,6,11H2,1-5H3,(H2,19,21,22,23)/t13-,17+/m1/s1. The lowest BCUT2D eigenvalue weighted by Crippen LogP contribution is -2.43. The third-order valence-corrected chi connectivity index (χ3v) is 4.11. The van der Waals surface area contributed by atoms with E-state index in [1.165, 1.54) is 12.6 Å². The van der Waals surface area contributed by atoms with Gasteiger partial charge in [0.15, 0.2) is 0 Å². The molecule has 1 rings (SSSR count). The zero-order valence-electron chi connectivity index (χ0n) is 14.8. The summed E-state index contributed by atoms with van der Waals surface area (Å²) in [5.74, 6) is 0.538. The van der Waals surface area contributed by atoms with Crippen LogP contribution < -0.4 is 16.0 Å². The van der Waals surface area contributed by atoms with Crippen molar-refractivity contribution in [2.75, 3.05) is 13.6 Å². The number of carbonyl (C=O) groups excluding carboxylic acids is 2. The second-order valence-electron chi connectivity index (χ2n) is 6.21. The fourth-order valence-corrected chi connectivity index (χ4v) is 2.44. The average molecular weight is 319 g/mol. The third kappa shape index (κ3) is 6.02. The summed E-state index contributed by atoms with van der Waals surface area (Å²) in [6.45, 7) is 8.72. The molecule has 1 aromatic rings. The highest BCUT2D eigenvalue weighted by Crippen LogP contribution is 2.25. The van der Waals surface area contributed by atoms with Gasteiger partial charge in [-0.25, -0.2) is 4.79 Å². The van der Waals surface area contributed by atoms with Crippen molar-refractivity contribution in [3.63, 3.8) is 0 Å². The Morgan fingerprint density at radius 1 is 1.04 bits per heavy atom. The molecule has 2 atom stereocenters. The van der Waals surface area contributed by atoms with Crippen LogP contribution >= 0.6 is 0 Å². The van der Waals surface area contributed by atoms with Crippen molar-refractivity contribution in [3.8, 4) is 0 Å². The maximum atomic E-state index is 11.7. The first-order valence-electron chi connectivity index (χ1n) is 8.23. The second kappa shape index (κ2) is 9.30. The van der Waals surface area contributed by atoms with Gasteiger partial charge >= 0.3 is 6.03 Å². The molecular weight excluding hydrogens is 290 g/mol. The second-order valence-corrected chi connectivity index (χ2v) is 6.21. The van der Waals surface area contributed by atoms with Gasteiger partial charge in [-0.3, -0.25) is 10.1 Å². The quantitative estimate of drug-likeness (QED) is 0.723. The van der Waals surface area contributed by atoms with Gasteiger partial charge in [0.2, 0.25) is 5.91 Å². The molecule has 5 heteroatoms. The summed E-state index contributed by atoms with van der Waals surface area (Å²) >= 11 is 0. The molecular formula is C18H29N3O2. The summed E-state index contributed by atoms with van der Waals surface area (Å²) in [4.78, 5) is 22.8.